The summed E-state index contributed by atoms with van der Waals surface area (Å²) in [6.07, 6.45) is -0.0154. The molecule has 14 heavy (non-hydrogen) atoms. The van der Waals surface area contributed by atoms with Crippen molar-refractivity contribution in [2.24, 2.45) is 0 Å². The van der Waals surface area contributed by atoms with Gasteiger partial charge in [-0.25, -0.2) is 0 Å². The van der Waals surface area contributed by atoms with Gasteiger partial charge in [0.15, 0.2) is 0 Å². The molecule has 1 atom stereocenters. The number of nitrogens with one attached hydrogen (secondary N) is 1. The number of alkyl carbamates (subject to hydrolysis) is 1. The number of hydrogen-bond acceptors (Lipinski definition) is 3. The van der Waals surface area contributed by atoms with Crippen LogP contribution in [0.2, 0.25) is 0 Å². The Hall–Kier alpha value is -0.541. The molecule has 0 unspecified atom stereocenters. The molecule has 1 amide bonds. The second-order valence-electron chi connectivity index (χ2n) is 3.93. The molecular formula is C9H16NO3Se. The normalized spacial score (nSPS) is 13.1. The van der Waals surface area contributed by atoms with Gasteiger partial charge in [-0.3, -0.25) is 0 Å². The van der Waals surface area contributed by atoms with Crippen LogP contribution in [0.15, 0.2) is 0 Å². The monoisotopic (exact) mass is 266 g/mol. The van der Waals surface area contributed by atoms with E-state index in [1.165, 1.54) is 0 Å². The summed E-state index contributed by atoms with van der Waals surface area (Å²) in [6, 6.07) is -0.496. The van der Waals surface area contributed by atoms with E-state index in [1.807, 2.05) is 6.92 Å². The Balaban J connectivity index is 4.11. The zero-order valence-corrected chi connectivity index (χ0v) is 10.6. The van der Waals surface area contributed by atoms with Crippen LogP contribution in [0.1, 0.15) is 34.1 Å². The fourth-order valence-electron chi connectivity index (χ4n) is 0.777. The number of rotatable bonds is 3. The van der Waals surface area contributed by atoms with E-state index in [-0.39, 0.29) is 4.68 Å². The molecule has 0 fully saturated rings. The Kier molecular flexibility index (Phi) is 5.16. The van der Waals surface area contributed by atoms with Crippen LogP contribution in [-0.4, -0.2) is 38.4 Å². The summed E-state index contributed by atoms with van der Waals surface area (Å²) in [5.74, 6) is 0. The van der Waals surface area contributed by atoms with Gasteiger partial charge in [-0.15, -0.1) is 0 Å². The van der Waals surface area contributed by atoms with E-state index in [2.05, 4.69) is 21.3 Å². The van der Waals surface area contributed by atoms with Gasteiger partial charge in [0.05, 0.1) is 0 Å². The number of carbonyl (C=O) groups excluding carboxylic acids is 2. The van der Waals surface area contributed by atoms with Gasteiger partial charge in [0, 0.05) is 0 Å². The SMILES string of the molecule is CC[C@H](NC(=O)OC(C)(C)C)C(=O)[Se]. The van der Waals surface area contributed by atoms with Crippen molar-refractivity contribution in [3.05, 3.63) is 0 Å². The Morgan fingerprint density at radius 3 is 2.21 bits per heavy atom. The summed E-state index contributed by atoms with van der Waals surface area (Å²) >= 11 is 2.35. The number of carbonyl (C=O) groups is 2. The van der Waals surface area contributed by atoms with Crippen molar-refractivity contribution in [2.75, 3.05) is 0 Å². The van der Waals surface area contributed by atoms with Gasteiger partial charge in [-0.1, -0.05) is 0 Å². The number of amides is 1. The van der Waals surface area contributed by atoms with Crippen LogP contribution < -0.4 is 5.32 Å². The Morgan fingerprint density at radius 2 is 1.93 bits per heavy atom. The molecule has 5 heteroatoms. The quantitative estimate of drug-likeness (QED) is 0.774. The number of hydrogen-bond donors (Lipinski definition) is 1. The molecule has 0 heterocycles. The molecule has 0 bridgehead atoms. The topological polar surface area (TPSA) is 55.4 Å². The second kappa shape index (κ2) is 5.37. The average molecular weight is 265 g/mol. The minimum atomic E-state index is -0.562. The third-order valence-electron chi connectivity index (χ3n) is 1.38. The van der Waals surface area contributed by atoms with Gasteiger partial charge < -0.3 is 0 Å². The standard InChI is InChI=1S/C9H16NO3Se/c1-5-6(7(11)14)10-8(12)13-9(2,3)4/h6H,5H2,1-4H3,(H,10,12)/t6-/m0/s1. The second-order valence-corrected chi connectivity index (χ2v) is 4.77. The van der Waals surface area contributed by atoms with Crippen LogP contribution in [0.3, 0.4) is 0 Å². The maximum absolute atomic E-state index is 11.2. The van der Waals surface area contributed by atoms with Crippen molar-refractivity contribution in [1.82, 2.24) is 5.32 Å². The molecule has 0 aliphatic carbocycles. The fourth-order valence-corrected chi connectivity index (χ4v) is 1.25. The minimum absolute atomic E-state index is 0.182. The molecule has 0 saturated carbocycles. The van der Waals surface area contributed by atoms with Gasteiger partial charge in [0.2, 0.25) is 0 Å². The van der Waals surface area contributed by atoms with Crippen LogP contribution in [0, 0.1) is 0 Å². The van der Waals surface area contributed by atoms with Crippen LogP contribution in [0.4, 0.5) is 4.79 Å². The van der Waals surface area contributed by atoms with Gasteiger partial charge >= 0.3 is 92.2 Å². The predicted octanol–water partition coefficient (Wildman–Crippen LogP) is 0.985. The van der Waals surface area contributed by atoms with Crippen molar-refractivity contribution >= 4 is 26.8 Å². The summed E-state index contributed by atoms with van der Waals surface area (Å²) in [5.41, 5.74) is -0.539. The van der Waals surface area contributed by atoms with Gasteiger partial charge in [-0.05, 0) is 0 Å². The molecule has 81 valence electrons. The maximum atomic E-state index is 11.2. The van der Waals surface area contributed by atoms with Gasteiger partial charge in [0.1, 0.15) is 0 Å². The Labute approximate surface area is 92.6 Å². The molecule has 1 radical (unpaired) electrons. The van der Waals surface area contributed by atoms with Gasteiger partial charge in [-0.2, -0.15) is 0 Å². The molecule has 0 spiro atoms. The van der Waals surface area contributed by atoms with E-state index in [0.29, 0.717) is 6.42 Å². The Bertz CT molecular complexity index is 223. The molecular weight excluding hydrogens is 249 g/mol. The first kappa shape index (κ1) is 13.5. The first-order chi connectivity index (χ1) is 6.26. The summed E-state index contributed by atoms with van der Waals surface area (Å²) < 4.78 is 4.82. The van der Waals surface area contributed by atoms with E-state index in [0.717, 1.165) is 0 Å². The third-order valence-corrected chi connectivity index (χ3v) is 1.98. The summed E-state index contributed by atoms with van der Waals surface area (Å²) in [7, 11) is 0. The van der Waals surface area contributed by atoms with Crippen molar-refractivity contribution in [1.29, 1.82) is 0 Å². The average Bonchev–Trinajstić information content (AvgIpc) is 1.96. The van der Waals surface area contributed by atoms with Crippen molar-refractivity contribution in [3.63, 3.8) is 0 Å². The third kappa shape index (κ3) is 6.00. The van der Waals surface area contributed by atoms with Crippen molar-refractivity contribution < 1.29 is 14.3 Å². The first-order valence-electron chi connectivity index (χ1n) is 4.46. The van der Waals surface area contributed by atoms with E-state index in [1.54, 1.807) is 20.8 Å². The molecule has 0 aliphatic heterocycles. The molecule has 0 rings (SSSR count). The van der Waals surface area contributed by atoms with Crippen molar-refractivity contribution in [2.45, 2.75) is 45.8 Å². The summed E-state index contributed by atoms with van der Waals surface area (Å²) in [5, 5.41) is 2.48. The molecule has 0 aromatic rings. The van der Waals surface area contributed by atoms with E-state index >= 15 is 0 Å². The van der Waals surface area contributed by atoms with Crippen molar-refractivity contribution in [3.8, 4) is 0 Å². The van der Waals surface area contributed by atoms with Gasteiger partial charge in [0.25, 0.3) is 0 Å². The molecule has 1 N–H and O–H groups in total. The number of ether oxygens (including phenoxy) is 1. The zero-order chi connectivity index (χ0) is 11.4. The van der Waals surface area contributed by atoms with Crippen LogP contribution in [0.5, 0.6) is 0 Å². The van der Waals surface area contributed by atoms with Crippen LogP contribution in [-0.2, 0) is 9.53 Å². The summed E-state index contributed by atoms with van der Waals surface area (Å²) in [6.45, 7) is 7.13. The summed E-state index contributed by atoms with van der Waals surface area (Å²) in [4.78, 5) is 22.2. The van der Waals surface area contributed by atoms with E-state index < -0.39 is 17.7 Å². The fraction of sp³-hybridized carbons (Fsp3) is 0.778. The first-order valence-corrected chi connectivity index (χ1v) is 5.32. The Morgan fingerprint density at radius 1 is 1.43 bits per heavy atom. The van der Waals surface area contributed by atoms with Crippen LogP contribution >= 0.6 is 0 Å². The molecule has 0 aromatic heterocycles. The van der Waals surface area contributed by atoms with E-state index in [9.17, 15) is 9.59 Å². The molecule has 4 nitrogen and oxygen atoms in total. The molecule has 0 aromatic carbocycles. The van der Waals surface area contributed by atoms with Crippen LogP contribution in [0.25, 0.3) is 0 Å². The molecule has 0 saturated heterocycles. The van der Waals surface area contributed by atoms with E-state index in [4.69, 9.17) is 4.74 Å². The predicted molar refractivity (Wildman–Crippen MR) is 54.2 cm³/mol. The molecule has 0 aliphatic rings. The zero-order valence-electron chi connectivity index (χ0n) is 8.92.